The minimum atomic E-state index is -0.569. The second-order valence-electron chi connectivity index (χ2n) is 6.26. The summed E-state index contributed by atoms with van der Waals surface area (Å²) in [6.07, 6.45) is -0.00262. The first kappa shape index (κ1) is 46.2. The lowest BCUT2D eigenvalue weighted by atomic mass is 9.87. The molecular weight excluding hydrogens is 390 g/mol. The van der Waals surface area contributed by atoms with Crippen LogP contribution in [0.5, 0.6) is 0 Å². The number of hydrogen-bond acceptors (Lipinski definition) is 7. The Morgan fingerprint density at radius 3 is 1.69 bits per heavy atom. The number of thioether (sulfide) groups is 1. The lowest BCUT2D eigenvalue weighted by Gasteiger charge is -2.22. The number of rotatable bonds is 10. The Morgan fingerprint density at radius 2 is 1.31 bits per heavy atom. The van der Waals surface area contributed by atoms with E-state index in [2.05, 4.69) is 0 Å². The van der Waals surface area contributed by atoms with E-state index in [9.17, 15) is 14.4 Å². The normalized spacial score (nSPS) is 11.1. The predicted molar refractivity (Wildman–Crippen MR) is 132 cm³/mol. The Morgan fingerprint density at radius 1 is 0.862 bits per heavy atom. The molecule has 0 aromatic carbocycles. The smallest absolute Gasteiger partial charge is 0.305 e. The zero-order valence-electron chi connectivity index (χ0n) is 14.7. The van der Waals surface area contributed by atoms with Crippen LogP contribution in [0.2, 0.25) is 0 Å². The van der Waals surface area contributed by atoms with Crippen molar-refractivity contribution in [1.29, 1.82) is 0 Å². The molecular formula is C22H53NO5S. The maximum atomic E-state index is 12.0. The SMILES string of the molecule is C.C.C.C.C.C.CCC(=O)OCC(CSCC(N)C(=O)C(C)(C)C)OC(=O)CC. The van der Waals surface area contributed by atoms with Crippen LogP contribution in [-0.4, -0.2) is 48.0 Å². The second kappa shape index (κ2) is 23.2. The highest BCUT2D eigenvalue weighted by Crippen LogP contribution is 2.18. The van der Waals surface area contributed by atoms with Gasteiger partial charge in [0.25, 0.3) is 0 Å². The maximum absolute atomic E-state index is 12.0. The van der Waals surface area contributed by atoms with Crippen LogP contribution in [0.1, 0.15) is 92.0 Å². The van der Waals surface area contributed by atoms with E-state index in [1.807, 2.05) is 20.8 Å². The highest BCUT2D eigenvalue weighted by molar-refractivity contribution is 7.99. The monoisotopic (exact) mass is 443 g/mol. The molecule has 0 radical (unpaired) electrons. The van der Waals surface area contributed by atoms with Crippen LogP contribution in [0.4, 0.5) is 0 Å². The number of hydrogen-bond donors (Lipinski definition) is 1. The van der Waals surface area contributed by atoms with Gasteiger partial charge in [-0.2, -0.15) is 11.8 Å². The van der Waals surface area contributed by atoms with E-state index >= 15 is 0 Å². The molecule has 0 aromatic rings. The molecule has 2 unspecified atom stereocenters. The van der Waals surface area contributed by atoms with E-state index in [0.29, 0.717) is 11.5 Å². The minimum Gasteiger partial charge on any atom is -0.462 e. The van der Waals surface area contributed by atoms with Crippen molar-refractivity contribution in [2.24, 2.45) is 11.1 Å². The number of ether oxygens (including phenoxy) is 2. The Kier molecular flexibility index (Phi) is 37.0. The molecule has 182 valence electrons. The molecule has 0 rings (SSSR count). The average Bonchev–Trinajstić information content (AvgIpc) is 2.49. The number of esters is 2. The van der Waals surface area contributed by atoms with Gasteiger partial charge < -0.3 is 15.2 Å². The molecule has 0 aromatic heterocycles. The molecule has 0 amide bonds. The van der Waals surface area contributed by atoms with E-state index in [-0.39, 0.29) is 81.7 Å². The van der Waals surface area contributed by atoms with Gasteiger partial charge in [-0.3, -0.25) is 14.4 Å². The fraction of sp³-hybridized carbons (Fsp3) is 0.864. The molecule has 6 nitrogen and oxygen atoms in total. The fourth-order valence-corrected chi connectivity index (χ4v) is 2.60. The van der Waals surface area contributed by atoms with Gasteiger partial charge in [0, 0.05) is 29.8 Å². The van der Waals surface area contributed by atoms with Crippen LogP contribution >= 0.6 is 11.8 Å². The zero-order valence-corrected chi connectivity index (χ0v) is 15.5. The van der Waals surface area contributed by atoms with Crippen LogP contribution in [0.3, 0.4) is 0 Å². The molecule has 0 saturated heterocycles. The van der Waals surface area contributed by atoms with Gasteiger partial charge in [0.15, 0.2) is 5.78 Å². The zero-order chi connectivity index (χ0) is 18.0. The highest BCUT2D eigenvalue weighted by Gasteiger charge is 2.27. The maximum Gasteiger partial charge on any atom is 0.305 e. The third-order valence-corrected chi connectivity index (χ3v) is 4.19. The Labute approximate surface area is 187 Å². The summed E-state index contributed by atoms with van der Waals surface area (Å²) >= 11 is 1.41. The molecule has 0 aliphatic carbocycles. The molecule has 2 N–H and O–H groups in total. The molecule has 0 heterocycles. The minimum absolute atomic E-state index is 0. The molecule has 0 spiro atoms. The summed E-state index contributed by atoms with van der Waals surface area (Å²) in [5.74, 6) is 0.154. The molecule has 0 aliphatic rings. The fourth-order valence-electron chi connectivity index (χ4n) is 1.63. The standard InChI is InChI=1S/C16H29NO5S.6CH4/c1-6-13(18)21-8-11(22-14(19)7-2)9-23-10-12(17)15(20)16(3,4)5;;;;;;/h11-12H,6-10,17H2,1-5H3;6*1H4. The summed E-state index contributed by atoms with van der Waals surface area (Å²) in [5, 5.41) is 0. The lowest BCUT2D eigenvalue weighted by Crippen LogP contribution is -2.41. The second-order valence-corrected chi connectivity index (χ2v) is 7.34. The van der Waals surface area contributed by atoms with Gasteiger partial charge in [0.2, 0.25) is 0 Å². The topological polar surface area (TPSA) is 95.7 Å². The Balaban J connectivity index is -0.000000161. The summed E-state index contributed by atoms with van der Waals surface area (Å²) < 4.78 is 10.3. The number of carbonyl (C=O) groups is 3. The molecule has 0 saturated carbocycles. The first-order chi connectivity index (χ1) is 10.6. The molecule has 7 heteroatoms. The van der Waals surface area contributed by atoms with E-state index in [1.165, 1.54) is 11.8 Å². The van der Waals surface area contributed by atoms with Crippen molar-refractivity contribution in [2.45, 2.75) is 104 Å². The van der Waals surface area contributed by atoms with E-state index in [4.69, 9.17) is 15.2 Å². The van der Waals surface area contributed by atoms with Gasteiger partial charge in [-0.1, -0.05) is 79.2 Å². The third kappa shape index (κ3) is 21.4. The lowest BCUT2D eigenvalue weighted by molar-refractivity contribution is -0.157. The summed E-state index contributed by atoms with van der Waals surface area (Å²) in [6, 6.07) is -0.569. The quantitative estimate of drug-likeness (QED) is 0.429. The van der Waals surface area contributed by atoms with Crippen molar-refractivity contribution in [3.8, 4) is 0 Å². The van der Waals surface area contributed by atoms with Gasteiger partial charge in [-0.05, 0) is 0 Å². The largest absolute Gasteiger partial charge is 0.462 e. The van der Waals surface area contributed by atoms with E-state index in [1.54, 1.807) is 13.8 Å². The van der Waals surface area contributed by atoms with E-state index in [0.717, 1.165) is 0 Å². The van der Waals surface area contributed by atoms with Crippen molar-refractivity contribution >= 4 is 29.5 Å². The van der Waals surface area contributed by atoms with Gasteiger partial charge in [-0.15, -0.1) is 0 Å². The Bertz CT molecular complexity index is 408. The summed E-state index contributed by atoms with van der Waals surface area (Å²) in [5.41, 5.74) is 5.42. The summed E-state index contributed by atoms with van der Waals surface area (Å²) in [4.78, 5) is 34.7. The van der Waals surface area contributed by atoms with E-state index < -0.39 is 17.6 Å². The van der Waals surface area contributed by atoms with Gasteiger partial charge in [0.05, 0.1) is 6.04 Å². The Hall–Kier alpha value is -1.08. The van der Waals surface area contributed by atoms with Gasteiger partial charge in [0.1, 0.15) is 12.7 Å². The van der Waals surface area contributed by atoms with Crippen molar-refractivity contribution in [1.82, 2.24) is 0 Å². The third-order valence-electron chi connectivity index (χ3n) is 2.98. The summed E-state index contributed by atoms with van der Waals surface area (Å²) in [6.45, 7) is 8.90. The van der Waals surface area contributed by atoms with Crippen LogP contribution < -0.4 is 5.73 Å². The predicted octanol–water partition coefficient (Wildman–Crippen LogP) is 5.75. The first-order valence-electron chi connectivity index (χ1n) is 7.84. The number of ketones is 1. The first-order valence-corrected chi connectivity index (χ1v) is 9.00. The number of Topliss-reactive ketones (excluding diaryl/α,β-unsaturated/α-hetero) is 1. The van der Waals surface area contributed by atoms with Crippen LogP contribution in [0, 0.1) is 5.41 Å². The molecule has 0 aliphatic heterocycles. The molecule has 0 fully saturated rings. The number of nitrogens with two attached hydrogens (primary N) is 1. The van der Waals surface area contributed by atoms with Crippen molar-refractivity contribution < 1.29 is 23.9 Å². The van der Waals surface area contributed by atoms with Crippen LogP contribution in [0.15, 0.2) is 0 Å². The summed E-state index contributed by atoms with van der Waals surface area (Å²) in [7, 11) is 0. The molecule has 29 heavy (non-hydrogen) atoms. The van der Waals surface area contributed by atoms with Crippen molar-refractivity contribution in [3.05, 3.63) is 0 Å². The molecule has 0 bridgehead atoms. The van der Waals surface area contributed by atoms with Crippen molar-refractivity contribution in [3.63, 3.8) is 0 Å². The van der Waals surface area contributed by atoms with Crippen molar-refractivity contribution in [2.75, 3.05) is 18.1 Å². The van der Waals surface area contributed by atoms with Crippen LogP contribution in [-0.2, 0) is 23.9 Å². The van der Waals surface area contributed by atoms with Gasteiger partial charge >= 0.3 is 11.9 Å². The average molecular weight is 444 g/mol. The highest BCUT2D eigenvalue weighted by atomic mass is 32.2. The number of carbonyl (C=O) groups excluding carboxylic acids is 3. The molecule has 2 atom stereocenters. The van der Waals surface area contributed by atoms with Gasteiger partial charge in [-0.25, -0.2) is 0 Å². The van der Waals surface area contributed by atoms with Crippen LogP contribution in [0.25, 0.3) is 0 Å².